The minimum atomic E-state index is -0.360. The molecule has 0 aliphatic carbocycles. The van der Waals surface area contributed by atoms with Crippen LogP contribution in [-0.4, -0.2) is 9.97 Å². The Morgan fingerprint density at radius 3 is 2.94 bits per heavy atom. The van der Waals surface area contributed by atoms with Gasteiger partial charge in [-0.25, -0.2) is 4.98 Å². The number of nitrogens with zero attached hydrogens (tertiary/aromatic N) is 1. The van der Waals surface area contributed by atoms with Gasteiger partial charge in [0.1, 0.15) is 5.69 Å². The number of hydrogen-bond acceptors (Lipinski definition) is 4. The lowest BCUT2D eigenvalue weighted by atomic mass is 10.2. The zero-order valence-corrected chi connectivity index (χ0v) is 9.66. The molecule has 5 nitrogen and oxygen atoms in total. The molecule has 0 saturated heterocycles. The Balaban J connectivity index is 2.16. The van der Waals surface area contributed by atoms with Crippen molar-refractivity contribution in [3.8, 4) is 0 Å². The molecule has 1 aromatic carbocycles. The Hall–Kier alpha value is -2.01. The van der Waals surface area contributed by atoms with E-state index < -0.39 is 0 Å². The summed E-state index contributed by atoms with van der Waals surface area (Å²) in [4.78, 5) is 17.6. The van der Waals surface area contributed by atoms with Gasteiger partial charge in [-0.2, -0.15) is 0 Å². The molecule has 0 fully saturated rings. The fraction of sp³-hybridized carbons (Fsp3) is 0.0909. The molecule has 88 valence electrons. The molecule has 2 rings (SSSR count). The number of benzene rings is 1. The fourth-order valence-electron chi connectivity index (χ4n) is 1.37. The van der Waals surface area contributed by atoms with E-state index in [1.807, 2.05) is 18.2 Å². The summed E-state index contributed by atoms with van der Waals surface area (Å²) in [6.07, 6.45) is 1.30. The molecule has 0 amide bonds. The van der Waals surface area contributed by atoms with Crippen LogP contribution < -0.4 is 16.6 Å². The molecule has 0 aliphatic heterocycles. The van der Waals surface area contributed by atoms with Crippen LogP contribution >= 0.6 is 11.6 Å². The first-order chi connectivity index (χ1) is 8.18. The summed E-state index contributed by atoms with van der Waals surface area (Å²) in [6, 6.07) is 7.43. The number of anilines is 2. The van der Waals surface area contributed by atoms with Crippen LogP contribution in [0.1, 0.15) is 5.56 Å². The van der Waals surface area contributed by atoms with Crippen LogP contribution in [0.2, 0.25) is 5.02 Å². The van der Waals surface area contributed by atoms with Gasteiger partial charge < -0.3 is 16.0 Å². The van der Waals surface area contributed by atoms with Gasteiger partial charge in [-0.15, -0.1) is 0 Å². The highest BCUT2D eigenvalue weighted by atomic mass is 35.5. The fourth-order valence-corrected chi connectivity index (χ4v) is 1.57. The third-order valence-corrected chi connectivity index (χ3v) is 2.66. The van der Waals surface area contributed by atoms with E-state index in [1.54, 1.807) is 6.07 Å². The maximum atomic E-state index is 11.2. The van der Waals surface area contributed by atoms with Gasteiger partial charge >= 0.3 is 0 Å². The highest BCUT2D eigenvalue weighted by Gasteiger charge is 2.04. The molecule has 0 unspecified atom stereocenters. The van der Waals surface area contributed by atoms with Gasteiger partial charge in [0.15, 0.2) is 5.82 Å². The molecule has 1 aromatic heterocycles. The summed E-state index contributed by atoms with van der Waals surface area (Å²) in [5.41, 5.74) is 6.21. The Labute approximate surface area is 103 Å². The van der Waals surface area contributed by atoms with Crippen molar-refractivity contribution in [3.63, 3.8) is 0 Å². The molecule has 0 atom stereocenters. The van der Waals surface area contributed by atoms with Crippen molar-refractivity contribution in [2.24, 2.45) is 0 Å². The number of H-pyrrole nitrogens is 1. The van der Waals surface area contributed by atoms with Gasteiger partial charge in [0.25, 0.3) is 5.56 Å². The second-order valence-corrected chi connectivity index (χ2v) is 3.85. The topological polar surface area (TPSA) is 83.8 Å². The molecule has 4 N–H and O–H groups in total. The third-order valence-electron chi connectivity index (χ3n) is 2.29. The van der Waals surface area contributed by atoms with Crippen LogP contribution in [0, 0.1) is 0 Å². The summed E-state index contributed by atoms with van der Waals surface area (Å²) in [7, 11) is 0. The first-order valence-corrected chi connectivity index (χ1v) is 5.36. The summed E-state index contributed by atoms with van der Waals surface area (Å²) < 4.78 is 0. The molecule has 0 bridgehead atoms. The number of aromatic nitrogens is 2. The van der Waals surface area contributed by atoms with Crippen molar-refractivity contribution in [2.45, 2.75) is 6.54 Å². The molecule has 17 heavy (non-hydrogen) atoms. The van der Waals surface area contributed by atoms with Gasteiger partial charge in [0, 0.05) is 11.6 Å². The first-order valence-electron chi connectivity index (χ1n) is 4.99. The van der Waals surface area contributed by atoms with Crippen molar-refractivity contribution in [1.82, 2.24) is 9.97 Å². The molecular formula is C11H11ClN4O. The van der Waals surface area contributed by atoms with E-state index in [-0.39, 0.29) is 11.2 Å². The zero-order valence-electron chi connectivity index (χ0n) is 8.90. The van der Waals surface area contributed by atoms with E-state index in [9.17, 15) is 4.79 Å². The number of rotatable bonds is 3. The van der Waals surface area contributed by atoms with E-state index in [0.29, 0.717) is 17.4 Å². The molecule has 0 aliphatic rings. The SMILES string of the molecule is Nc1c(NCc2ccccc2Cl)nc[nH]c1=O. The largest absolute Gasteiger partial charge is 0.391 e. The van der Waals surface area contributed by atoms with E-state index in [0.717, 1.165) is 5.56 Å². The average Bonchev–Trinajstić information content (AvgIpc) is 2.33. The Morgan fingerprint density at radius 2 is 2.18 bits per heavy atom. The zero-order chi connectivity index (χ0) is 12.3. The summed E-state index contributed by atoms with van der Waals surface area (Å²) in [5, 5.41) is 3.63. The lowest BCUT2D eigenvalue weighted by Gasteiger charge is -2.08. The van der Waals surface area contributed by atoms with Crippen LogP contribution in [-0.2, 0) is 6.54 Å². The van der Waals surface area contributed by atoms with Crippen LogP contribution in [0.15, 0.2) is 35.4 Å². The van der Waals surface area contributed by atoms with Gasteiger partial charge in [-0.3, -0.25) is 4.79 Å². The number of nitrogens with one attached hydrogen (secondary N) is 2. The van der Waals surface area contributed by atoms with Gasteiger partial charge in [-0.05, 0) is 11.6 Å². The standard InChI is InChI=1S/C11H11ClN4O/c12-8-4-2-1-3-7(8)5-14-10-9(13)11(17)16-6-15-10/h1-4,6H,5,13H2,(H2,14,15,16,17). The summed E-state index contributed by atoms with van der Waals surface area (Å²) in [5.74, 6) is 0.355. The molecule has 6 heteroatoms. The monoisotopic (exact) mass is 250 g/mol. The second-order valence-electron chi connectivity index (χ2n) is 3.44. The maximum Gasteiger partial charge on any atom is 0.276 e. The van der Waals surface area contributed by atoms with E-state index in [1.165, 1.54) is 6.33 Å². The highest BCUT2D eigenvalue weighted by Crippen LogP contribution is 2.17. The van der Waals surface area contributed by atoms with Crippen molar-refractivity contribution < 1.29 is 0 Å². The molecular weight excluding hydrogens is 240 g/mol. The smallest absolute Gasteiger partial charge is 0.276 e. The lowest BCUT2D eigenvalue weighted by molar-refractivity contribution is 1.07. The van der Waals surface area contributed by atoms with Crippen LogP contribution in [0.25, 0.3) is 0 Å². The highest BCUT2D eigenvalue weighted by molar-refractivity contribution is 6.31. The molecule has 2 aromatic rings. The number of nitrogens with two attached hydrogens (primary N) is 1. The minimum absolute atomic E-state index is 0.0690. The average molecular weight is 251 g/mol. The van der Waals surface area contributed by atoms with Gasteiger partial charge in [-0.1, -0.05) is 29.8 Å². The molecule has 0 spiro atoms. The van der Waals surface area contributed by atoms with Crippen molar-refractivity contribution >= 4 is 23.1 Å². The minimum Gasteiger partial charge on any atom is -0.391 e. The van der Waals surface area contributed by atoms with Crippen LogP contribution in [0.5, 0.6) is 0 Å². The molecule has 1 heterocycles. The van der Waals surface area contributed by atoms with Crippen LogP contribution in [0.3, 0.4) is 0 Å². The van der Waals surface area contributed by atoms with Gasteiger partial charge in [0.05, 0.1) is 6.33 Å². The summed E-state index contributed by atoms with van der Waals surface area (Å²) in [6.45, 7) is 0.459. The predicted octanol–water partition coefficient (Wildman–Crippen LogP) is 1.62. The van der Waals surface area contributed by atoms with Gasteiger partial charge in [0.2, 0.25) is 0 Å². The molecule has 0 radical (unpaired) electrons. The normalized spacial score (nSPS) is 10.2. The van der Waals surface area contributed by atoms with Crippen molar-refractivity contribution in [2.75, 3.05) is 11.1 Å². The maximum absolute atomic E-state index is 11.2. The van der Waals surface area contributed by atoms with Crippen LogP contribution in [0.4, 0.5) is 11.5 Å². The quantitative estimate of drug-likeness (QED) is 0.773. The lowest BCUT2D eigenvalue weighted by Crippen LogP contribution is -2.16. The number of hydrogen-bond donors (Lipinski definition) is 3. The number of nitrogen functional groups attached to an aromatic ring is 1. The second kappa shape index (κ2) is 4.88. The Kier molecular flexibility index (Phi) is 3.30. The van der Waals surface area contributed by atoms with E-state index in [4.69, 9.17) is 17.3 Å². The predicted molar refractivity (Wildman–Crippen MR) is 68.0 cm³/mol. The Morgan fingerprint density at radius 1 is 1.41 bits per heavy atom. The third kappa shape index (κ3) is 2.57. The van der Waals surface area contributed by atoms with Crippen molar-refractivity contribution in [1.29, 1.82) is 0 Å². The van der Waals surface area contributed by atoms with E-state index >= 15 is 0 Å². The molecule has 0 saturated carbocycles. The summed E-state index contributed by atoms with van der Waals surface area (Å²) >= 11 is 6.00. The van der Waals surface area contributed by atoms with Crippen molar-refractivity contribution in [3.05, 3.63) is 51.5 Å². The first kappa shape index (κ1) is 11.5. The number of halogens is 1. The number of aromatic amines is 1. The Bertz CT molecular complexity index is 582. The van der Waals surface area contributed by atoms with E-state index in [2.05, 4.69) is 15.3 Å².